The minimum absolute atomic E-state index is 0.448. The van der Waals surface area contributed by atoms with E-state index in [1.165, 1.54) is 6.33 Å². The number of aromatic nitrogens is 3. The fraction of sp³-hybridized carbons (Fsp3) is 0.308. The number of hydrogen-bond donors (Lipinski definition) is 0. The van der Waals surface area contributed by atoms with Crippen LogP contribution in [0.15, 0.2) is 24.7 Å². The third-order valence-corrected chi connectivity index (χ3v) is 2.84. The molecule has 18 heavy (non-hydrogen) atoms. The molecule has 0 unspecified atom stereocenters. The zero-order chi connectivity index (χ0) is 13.0. The molecule has 94 valence electrons. The normalized spacial score (nSPS) is 10.4. The summed E-state index contributed by atoms with van der Waals surface area (Å²) in [5, 5.41) is 0.448. The molecule has 0 amide bonds. The molecule has 4 nitrogen and oxygen atoms in total. The molecule has 5 heteroatoms. The van der Waals surface area contributed by atoms with Gasteiger partial charge in [0.15, 0.2) is 5.75 Å². The summed E-state index contributed by atoms with van der Waals surface area (Å²) in [6.07, 6.45) is 4.87. The SMILES string of the molecule is CCCc1c(Cl)ncnc1Oc1cccnc1C. The molecule has 0 saturated heterocycles. The van der Waals surface area contributed by atoms with Crippen molar-refractivity contribution in [1.82, 2.24) is 15.0 Å². The van der Waals surface area contributed by atoms with Crippen LogP contribution in [0.2, 0.25) is 5.15 Å². The molecule has 2 rings (SSSR count). The van der Waals surface area contributed by atoms with Crippen LogP contribution in [0.5, 0.6) is 11.6 Å². The summed E-state index contributed by atoms with van der Waals surface area (Å²) in [7, 11) is 0. The largest absolute Gasteiger partial charge is 0.437 e. The van der Waals surface area contributed by atoms with Crippen LogP contribution in [0.1, 0.15) is 24.6 Å². The predicted molar refractivity (Wildman–Crippen MR) is 70.1 cm³/mol. The van der Waals surface area contributed by atoms with Crippen molar-refractivity contribution in [2.45, 2.75) is 26.7 Å². The lowest BCUT2D eigenvalue weighted by molar-refractivity contribution is 0.448. The second-order valence-corrected chi connectivity index (χ2v) is 4.25. The summed E-state index contributed by atoms with van der Waals surface area (Å²) in [6, 6.07) is 3.68. The quantitative estimate of drug-likeness (QED) is 0.791. The van der Waals surface area contributed by atoms with Crippen LogP contribution < -0.4 is 4.74 Å². The van der Waals surface area contributed by atoms with E-state index in [4.69, 9.17) is 16.3 Å². The number of rotatable bonds is 4. The van der Waals surface area contributed by atoms with Gasteiger partial charge in [0.25, 0.3) is 0 Å². The summed E-state index contributed by atoms with van der Waals surface area (Å²) < 4.78 is 5.78. The molecule has 2 heterocycles. The fourth-order valence-corrected chi connectivity index (χ4v) is 1.82. The maximum atomic E-state index is 6.07. The van der Waals surface area contributed by atoms with Crippen LogP contribution in [0.25, 0.3) is 0 Å². The van der Waals surface area contributed by atoms with Gasteiger partial charge in [-0.1, -0.05) is 24.9 Å². The van der Waals surface area contributed by atoms with Gasteiger partial charge in [0.2, 0.25) is 5.88 Å². The highest BCUT2D eigenvalue weighted by atomic mass is 35.5. The van der Waals surface area contributed by atoms with E-state index in [1.807, 2.05) is 19.1 Å². The van der Waals surface area contributed by atoms with Gasteiger partial charge in [0.1, 0.15) is 11.5 Å². The minimum atomic E-state index is 0.448. The number of halogens is 1. The van der Waals surface area contributed by atoms with Crippen molar-refractivity contribution >= 4 is 11.6 Å². The van der Waals surface area contributed by atoms with E-state index in [0.717, 1.165) is 24.1 Å². The first-order valence-electron chi connectivity index (χ1n) is 5.81. The molecule has 0 atom stereocenters. The van der Waals surface area contributed by atoms with Crippen LogP contribution in [0, 0.1) is 6.92 Å². The molecule has 0 fully saturated rings. The molecule has 0 aliphatic carbocycles. The fourth-order valence-electron chi connectivity index (χ4n) is 1.61. The van der Waals surface area contributed by atoms with Gasteiger partial charge in [-0.15, -0.1) is 0 Å². The third-order valence-electron chi connectivity index (χ3n) is 2.52. The average molecular weight is 264 g/mol. The maximum Gasteiger partial charge on any atom is 0.227 e. The van der Waals surface area contributed by atoms with Gasteiger partial charge >= 0.3 is 0 Å². The number of hydrogen-bond acceptors (Lipinski definition) is 4. The van der Waals surface area contributed by atoms with E-state index in [2.05, 4.69) is 21.9 Å². The Hall–Kier alpha value is -1.68. The number of nitrogens with zero attached hydrogens (tertiary/aromatic N) is 3. The molecule has 0 aromatic carbocycles. The van der Waals surface area contributed by atoms with Gasteiger partial charge in [0.05, 0.1) is 11.3 Å². The topological polar surface area (TPSA) is 47.9 Å². The number of ether oxygens (including phenoxy) is 1. The first-order valence-corrected chi connectivity index (χ1v) is 6.19. The van der Waals surface area contributed by atoms with E-state index in [9.17, 15) is 0 Å². The van der Waals surface area contributed by atoms with Crippen molar-refractivity contribution in [3.63, 3.8) is 0 Å². The van der Waals surface area contributed by atoms with Crippen LogP contribution >= 0.6 is 11.6 Å². The minimum Gasteiger partial charge on any atom is -0.437 e. The lowest BCUT2D eigenvalue weighted by Gasteiger charge is -2.11. The van der Waals surface area contributed by atoms with Gasteiger partial charge in [0, 0.05) is 6.20 Å². The highest BCUT2D eigenvalue weighted by Crippen LogP contribution is 2.28. The molecule has 0 aliphatic rings. The zero-order valence-corrected chi connectivity index (χ0v) is 11.1. The molecule has 0 saturated carbocycles. The van der Waals surface area contributed by atoms with Crippen molar-refractivity contribution in [1.29, 1.82) is 0 Å². The first kappa shape index (κ1) is 12.8. The number of pyridine rings is 1. The Kier molecular flexibility index (Phi) is 4.10. The number of aryl methyl sites for hydroxylation is 1. The highest BCUT2D eigenvalue weighted by Gasteiger charge is 2.12. The molecule has 0 N–H and O–H groups in total. The molecule has 0 bridgehead atoms. The van der Waals surface area contributed by atoms with Crippen LogP contribution in [0.3, 0.4) is 0 Å². The summed E-state index contributed by atoms with van der Waals surface area (Å²) in [6.45, 7) is 3.96. The standard InChI is InChI=1S/C13H14ClN3O/c1-3-5-10-12(14)16-8-17-13(10)18-11-6-4-7-15-9(11)2/h4,6-8H,3,5H2,1-2H3. The van der Waals surface area contributed by atoms with E-state index >= 15 is 0 Å². The van der Waals surface area contributed by atoms with Gasteiger partial charge in [-0.05, 0) is 25.5 Å². The maximum absolute atomic E-state index is 6.07. The molecular formula is C13H14ClN3O. The van der Waals surface area contributed by atoms with Crippen molar-refractivity contribution in [3.8, 4) is 11.6 Å². The zero-order valence-electron chi connectivity index (χ0n) is 10.4. The Bertz CT molecular complexity index is 546. The van der Waals surface area contributed by atoms with E-state index in [-0.39, 0.29) is 0 Å². The van der Waals surface area contributed by atoms with Gasteiger partial charge in [-0.3, -0.25) is 4.98 Å². The molecule has 2 aromatic rings. The van der Waals surface area contributed by atoms with Gasteiger partial charge in [-0.25, -0.2) is 9.97 Å². The van der Waals surface area contributed by atoms with Crippen LogP contribution in [-0.4, -0.2) is 15.0 Å². The lowest BCUT2D eigenvalue weighted by atomic mass is 10.2. The first-order chi connectivity index (χ1) is 8.72. The van der Waals surface area contributed by atoms with Gasteiger partial charge in [-0.2, -0.15) is 0 Å². The van der Waals surface area contributed by atoms with Crippen LogP contribution in [0.4, 0.5) is 0 Å². The Morgan fingerprint density at radius 3 is 2.83 bits per heavy atom. The Balaban J connectivity index is 2.34. The van der Waals surface area contributed by atoms with Crippen molar-refractivity contribution < 1.29 is 4.74 Å². The van der Waals surface area contributed by atoms with E-state index in [0.29, 0.717) is 16.8 Å². The second-order valence-electron chi connectivity index (χ2n) is 3.89. The Morgan fingerprint density at radius 2 is 2.11 bits per heavy atom. The third kappa shape index (κ3) is 2.76. The Labute approximate surface area is 111 Å². The summed E-state index contributed by atoms with van der Waals surface area (Å²) >= 11 is 6.07. The van der Waals surface area contributed by atoms with Gasteiger partial charge < -0.3 is 4.74 Å². The summed E-state index contributed by atoms with van der Waals surface area (Å²) in [4.78, 5) is 12.3. The highest BCUT2D eigenvalue weighted by molar-refractivity contribution is 6.30. The molecule has 0 radical (unpaired) electrons. The molecule has 2 aromatic heterocycles. The average Bonchev–Trinajstić information content (AvgIpc) is 2.36. The summed E-state index contributed by atoms with van der Waals surface area (Å²) in [5.41, 5.74) is 1.65. The second kappa shape index (κ2) is 5.78. The van der Waals surface area contributed by atoms with Crippen molar-refractivity contribution in [2.24, 2.45) is 0 Å². The van der Waals surface area contributed by atoms with E-state index < -0.39 is 0 Å². The lowest BCUT2D eigenvalue weighted by Crippen LogP contribution is -1.99. The monoisotopic (exact) mass is 263 g/mol. The van der Waals surface area contributed by atoms with E-state index in [1.54, 1.807) is 6.20 Å². The smallest absolute Gasteiger partial charge is 0.227 e. The molecule has 0 aliphatic heterocycles. The van der Waals surface area contributed by atoms with Crippen molar-refractivity contribution in [3.05, 3.63) is 41.1 Å². The molecule has 0 spiro atoms. The Morgan fingerprint density at radius 1 is 1.28 bits per heavy atom. The molecular weight excluding hydrogens is 250 g/mol. The van der Waals surface area contributed by atoms with Crippen LogP contribution in [-0.2, 0) is 6.42 Å². The van der Waals surface area contributed by atoms with Crippen molar-refractivity contribution in [2.75, 3.05) is 0 Å². The summed E-state index contributed by atoms with van der Waals surface area (Å²) in [5.74, 6) is 1.19. The predicted octanol–water partition coefficient (Wildman–Crippen LogP) is 3.58.